The smallest absolute Gasteiger partial charge is 0.408 e. The van der Waals surface area contributed by atoms with E-state index in [1.807, 2.05) is 54.6 Å². The van der Waals surface area contributed by atoms with Crippen molar-refractivity contribution in [2.45, 2.75) is 70.7 Å². The van der Waals surface area contributed by atoms with Gasteiger partial charge in [-0.15, -0.1) is 0 Å². The number of esters is 1. The number of alkyl carbamates (subject to hydrolysis) is 2. The second-order valence-electron chi connectivity index (χ2n) is 12.4. The molecule has 0 aliphatic carbocycles. The molecule has 50 heavy (non-hydrogen) atoms. The SMILES string of the molecule is COC(=O)CNC(=O)CNC(=O)[C@@H](CCCCNC(=O)OCc1ccccc1)NC(=O)[C@@H](Cc1c[nH]c2ccccc12)NC(=O)OC(C)(C)C. The van der Waals surface area contributed by atoms with Crippen LogP contribution in [0.3, 0.4) is 0 Å². The van der Waals surface area contributed by atoms with E-state index in [-0.39, 0.29) is 32.5 Å². The monoisotopic (exact) mass is 694 g/mol. The number of carbonyl (C=O) groups is 6. The minimum absolute atomic E-state index is 0.0778. The largest absolute Gasteiger partial charge is 0.468 e. The van der Waals surface area contributed by atoms with E-state index in [1.54, 1.807) is 27.0 Å². The lowest BCUT2D eigenvalue weighted by Gasteiger charge is -2.25. The van der Waals surface area contributed by atoms with Crippen molar-refractivity contribution >= 4 is 46.8 Å². The van der Waals surface area contributed by atoms with Gasteiger partial charge in [-0.1, -0.05) is 48.5 Å². The minimum Gasteiger partial charge on any atom is -0.468 e. The highest BCUT2D eigenvalue weighted by atomic mass is 16.6. The maximum Gasteiger partial charge on any atom is 0.408 e. The fourth-order valence-corrected chi connectivity index (χ4v) is 4.75. The molecule has 0 aliphatic rings. The van der Waals surface area contributed by atoms with Crippen molar-refractivity contribution in [2.24, 2.45) is 0 Å². The van der Waals surface area contributed by atoms with Crippen LogP contribution in [0.15, 0.2) is 60.8 Å². The topological polar surface area (TPSA) is 206 Å². The highest BCUT2D eigenvalue weighted by Crippen LogP contribution is 2.20. The Morgan fingerprint density at radius 1 is 0.780 bits per heavy atom. The minimum atomic E-state index is -1.14. The predicted molar refractivity (Wildman–Crippen MR) is 184 cm³/mol. The van der Waals surface area contributed by atoms with Crippen LogP contribution in [-0.2, 0) is 46.4 Å². The zero-order valence-electron chi connectivity index (χ0n) is 28.8. The summed E-state index contributed by atoms with van der Waals surface area (Å²) in [5, 5.41) is 13.7. The van der Waals surface area contributed by atoms with Crippen LogP contribution in [0.5, 0.6) is 0 Å². The summed E-state index contributed by atoms with van der Waals surface area (Å²) in [6, 6.07) is 14.5. The highest BCUT2D eigenvalue weighted by Gasteiger charge is 2.29. The van der Waals surface area contributed by atoms with E-state index in [1.165, 1.54) is 7.11 Å². The van der Waals surface area contributed by atoms with Crippen molar-refractivity contribution in [1.29, 1.82) is 0 Å². The summed E-state index contributed by atoms with van der Waals surface area (Å²) in [5.41, 5.74) is 1.62. The molecule has 1 heterocycles. The van der Waals surface area contributed by atoms with Gasteiger partial charge < -0.3 is 45.8 Å². The van der Waals surface area contributed by atoms with E-state index < -0.39 is 60.1 Å². The van der Waals surface area contributed by atoms with Gasteiger partial charge in [0.15, 0.2) is 0 Å². The lowest BCUT2D eigenvalue weighted by Crippen LogP contribution is -2.55. The maximum absolute atomic E-state index is 13.8. The van der Waals surface area contributed by atoms with Crippen LogP contribution in [0.25, 0.3) is 10.9 Å². The molecule has 1 aromatic heterocycles. The summed E-state index contributed by atoms with van der Waals surface area (Å²) in [6.45, 7) is 4.60. The summed E-state index contributed by atoms with van der Waals surface area (Å²) in [7, 11) is 1.18. The highest BCUT2D eigenvalue weighted by molar-refractivity contribution is 5.94. The normalized spacial score (nSPS) is 12.2. The Morgan fingerprint density at radius 2 is 1.50 bits per heavy atom. The Kier molecular flexibility index (Phi) is 15.1. The molecule has 2 aromatic carbocycles. The first-order valence-electron chi connectivity index (χ1n) is 16.2. The number of unbranched alkanes of at least 4 members (excludes halogenated alkanes) is 1. The first-order valence-corrected chi connectivity index (χ1v) is 16.2. The van der Waals surface area contributed by atoms with Gasteiger partial charge in [-0.2, -0.15) is 0 Å². The molecule has 270 valence electrons. The van der Waals surface area contributed by atoms with Crippen molar-refractivity contribution in [1.82, 2.24) is 31.6 Å². The number of amides is 5. The number of ether oxygens (including phenoxy) is 3. The molecule has 3 rings (SSSR count). The van der Waals surface area contributed by atoms with E-state index in [2.05, 4.69) is 36.3 Å². The fourth-order valence-electron chi connectivity index (χ4n) is 4.75. The fraction of sp³-hybridized carbons (Fsp3) is 0.429. The Bertz CT molecular complexity index is 1600. The third-order valence-corrected chi connectivity index (χ3v) is 7.22. The van der Waals surface area contributed by atoms with Crippen molar-refractivity contribution in [3.8, 4) is 0 Å². The van der Waals surface area contributed by atoms with Crippen LogP contribution in [0, 0.1) is 0 Å². The molecule has 0 fully saturated rings. The number of aromatic amines is 1. The average Bonchev–Trinajstić information content (AvgIpc) is 3.49. The van der Waals surface area contributed by atoms with Gasteiger partial charge in [0.05, 0.1) is 13.7 Å². The number of H-pyrrole nitrogens is 1. The Hall–Kier alpha value is -5.60. The number of rotatable bonds is 17. The van der Waals surface area contributed by atoms with Crippen molar-refractivity contribution in [2.75, 3.05) is 26.7 Å². The molecule has 0 saturated heterocycles. The summed E-state index contributed by atoms with van der Waals surface area (Å²) in [6.07, 6.45) is 1.38. The summed E-state index contributed by atoms with van der Waals surface area (Å²) in [5.74, 6) is -2.62. The summed E-state index contributed by atoms with van der Waals surface area (Å²) < 4.78 is 15.1. The summed E-state index contributed by atoms with van der Waals surface area (Å²) in [4.78, 5) is 78.7. The number of aromatic nitrogens is 1. The Balaban J connectivity index is 1.67. The first-order chi connectivity index (χ1) is 23.8. The summed E-state index contributed by atoms with van der Waals surface area (Å²) >= 11 is 0. The standard InChI is InChI=1S/C35H46N6O9/c1-35(2,3)50-34(47)41-28(18-24-19-37-26-15-9-8-14-25(24)26)32(45)40-27(31(44)39-20-29(42)38-21-30(43)48-4)16-10-11-17-36-33(46)49-22-23-12-6-5-7-13-23/h5-9,12-15,19,27-28,37H,10-11,16-18,20-22H2,1-4H3,(H,36,46)(H,38,42)(H,39,44)(H,40,45)(H,41,47)/t27-,28-/m1/s1. The van der Waals surface area contributed by atoms with Crippen LogP contribution in [0.2, 0.25) is 0 Å². The lowest BCUT2D eigenvalue weighted by molar-refractivity contribution is -0.141. The first kappa shape index (κ1) is 38.8. The average molecular weight is 695 g/mol. The number of nitrogens with one attached hydrogen (secondary N) is 6. The van der Waals surface area contributed by atoms with Gasteiger partial charge in [0, 0.05) is 30.1 Å². The second-order valence-corrected chi connectivity index (χ2v) is 12.4. The quantitative estimate of drug-likeness (QED) is 0.0697. The van der Waals surface area contributed by atoms with E-state index in [9.17, 15) is 28.8 Å². The molecule has 5 amide bonds. The Labute approximate surface area is 290 Å². The number of benzene rings is 2. The van der Waals surface area contributed by atoms with Crippen LogP contribution in [0.4, 0.5) is 9.59 Å². The van der Waals surface area contributed by atoms with E-state index >= 15 is 0 Å². The predicted octanol–water partition coefficient (Wildman–Crippen LogP) is 2.59. The molecule has 0 aliphatic heterocycles. The van der Waals surface area contributed by atoms with E-state index in [0.717, 1.165) is 22.0 Å². The van der Waals surface area contributed by atoms with Crippen LogP contribution in [0.1, 0.15) is 51.2 Å². The number of fused-ring (bicyclic) bond motifs is 1. The van der Waals surface area contributed by atoms with Crippen molar-refractivity contribution in [3.63, 3.8) is 0 Å². The van der Waals surface area contributed by atoms with Gasteiger partial charge in [-0.05, 0) is 57.2 Å². The van der Waals surface area contributed by atoms with Crippen LogP contribution in [-0.4, -0.2) is 85.3 Å². The zero-order valence-corrected chi connectivity index (χ0v) is 28.8. The van der Waals surface area contributed by atoms with Crippen molar-refractivity contribution < 1.29 is 43.0 Å². The maximum atomic E-state index is 13.8. The number of carbonyl (C=O) groups excluding carboxylic acids is 6. The molecule has 6 N–H and O–H groups in total. The van der Waals surface area contributed by atoms with Gasteiger partial charge >= 0.3 is 18.2 Å². The third-order valence-electron chi connectivity index (χ3n) is 7.22. The molecule has 0 spiro atoms. The van der Waals surface area contributed by atoms with Gasteiger partial charge in [0.1, 0.15) is 30.8 Å². The number of hydrogen-bond acceptors (Lipinski definition) is 9. The number of hydrogen-bond donors (Lipinski definition) is 6. The molecular formula is C35H46N6O9. The molecule has 0 bridgehead atoms. The third kappa shape index (κ3) is 13.9. The van der Waals surface area contributed by atoms with Gasteiger partial charge in [-0.25, -0.2) is 9.59 Å². The van der Waals surface area contributed by atoms with E-state index in [0.29, 0.717) is 12.8 Å². The van der Waals surface area contributed by atoms with E-state index in [4.69, 9.17) is 9.47 Å². The number of para-hydroxylation sites is 1. The van der Waals surface area contributed by atoms with Gasteiger partial charge in [0.25, 0.3) is 0 Å². The molecule has 0 unspecified atom stereocenters. The van der Waals surface area contributed by atoms with Crippen LogP contribution < -0.4 is 26.6 Å². The molecular weight excluding hydrogens is 648 g/mol. The Morgan fingerprint density at radius 3 is 2.22 bits per heavy atom. The van der Waals surface area contributed by atoms with Crippen molar-refractivity contribution in [3.05, 3.63) is 71.9 Å². The molecule has 2 atom stereocenters. The van der Waals surface area contributed by atoms with Gasteiger partial charge in [0.2, 0.25) is 17.7 Å². The molecule has 15 heteroatoms. The second kappa shape index (κ2) is 19.4. The molecule has 0 saturated carbocycles. The number of methoxy groups -OCH3 is 1. The molecule has 3 aromatic rings. The lowest BCUT2D eigenvalue weighted by atomic mass is 10.0. The van der Waals surface area contributed by atoms with Crippen LogP contribution >= 0.6 is 0 Å². The molecule has 0 radical (unpaired) electrons. The molecule has 15 nitrogen and oxygen atoms in total. The van der Waals surface area contributed by atoms with Gasteiger partial charge in [-0.3, -0.25) is 19.2 Å². The zero-order chi connectivity index (χ0) is 36.5.